The van der Waals surface area contributed by atoms with E-state index in [2.05, 4.69) is 10.3 Å². The van der Waals surface area contributed by atoms with Gasteiger partial charge in [0.1, 0.15) is 0 Å². The summed E-state index contributed by atoms with van der Waals surface area (Å²) in [6, 6.07) is 10.3. The molecule has 1 aromatic carbocycles. The maximum Gasteiger partial charge on any atom is 0.418 e. The molecule has 1 heterocycles. The van der Waals surface area contributed by atoms with Crippen molar-refractivity contribution < 1.29 is 18.0 Å². The molecule has 0 saturated heterocycles. The number of hydrogen-bond donors (Lipinski definition) is 1. The number of benzene rings is 1. The first-order valence-corrected chi connectivity index (χ1v) is 7.45. The third-order valence-electron chi connectivity index (χ3n) is 2.72. The van der Waals surface area contributed by atoms with Crippen LogP contribution in [0.4, 0.5) is 18.9 Å². The normalized spacial score (nSPS) is 11.2. The molecule has 0 saturated carbocycles. The van der Waals surface area contributed by atoms with Crippen LogP contribution >= 0.6 is 11.8 Å². The lowest BCUT2D eigenvalue weighted by atomic mass is 10.1. The molecule has 2 aromatic rings. The molecular weight excluding hydrogens is 313 g/mol. The Balaban J connectivity index is 1.90. The van der Waals surface area contributed by atoms with E-state index in [1.54, 1.807) is 12.3 Å². The number of halogens is 3. The number of carbonyl (C=O) groups excluding carboxylic acids is 1. The Bertz CT molecular complexity index is 632. The van der Waals surface area contributed by atoms with Crippen LogP contribution in [-0.2, 0) is 11.0 Å². The maximum absolute atomic E-state index is 12.8. The first kappa shape index (κ1) is 16.4. The average Bonchev–Trinajstić information content (AvgIpc) is 2.48. The number of thioether (sulfide) groups is 1. The molecule has 3 nitrogen and oxygen atoms in total. The SMILES string of the molecule is O=C(CCSc1ccccn1)Nc1ccccc1C(F)(F)F. The van der Waals surface area contributed by atoms with E-state index in [4.69, 9.17) is 0 Å². The fourth-order valence-corrected chi connectivity index (χ4v) is 2.54. The number of hydrogen-bond acceptors (Lipinski definition) is 3. The number of nitrogens with one attached hydrogen (secondary N) is 1. The summed E-state index contributed by atoms with van der Waals surface area (Å²) in [6.07, 6.45) is -2.75. The Hall–Kier alpha value is -2.02. The number of amides is 1. The van der Waals surface area contributed by atoms with Gasteiger partial charge in [-0.25, -0.2) is 4.98 Å². The molecule has 0 atom stereocenters. The highest BCUT2D eigenvalue weighted by Crippen LogP contribution is 2.34. The molecule has 2 rings (SSSR count). The molecule has 0 spiro atoms. The minimum Gasteiger partial charge on any atom is -0.325 e. The van der Waals surface area contributed by atoms with Crippen LogP contribution in [0.2, 0.25) is 0 Å². The smallest absolute Gasteiger partial charge is 0.325 e. The van der Waals surface area contributed by atoms with Crippen molar-refractivity contribution in [3.63, 3.8) is 0 Å². The van der Waals surface area contributed by atoms with Gasteiger partial charge in [-0.1, -0.05) is 18.2 Å². The molecule has 116 valence electrons. The highest BCUT2D eigenvalue weighted by molar-refractivity contribution is 7.99. The minimum atomic E-state index is -4.49. The standard InChI is InChI=1S/C15H13F3N2OS/c16-15(17,18)11-5-1-2-6-12(11)20-13(21)8-10-22-14-7-3-4-9-19-14/h1-7,9H,8,10H2,(H,20,21). The van der Waals surface area contributed by atoms with Gasteiger partial charge in [0.25, 0.3) is 0 Å². The fourth-order valence-electron chi connectivity index (χ4n) is 1.73. The summed E-state index contributed by atoms with van der Waals surface area (Å²) in [6.45, 7) is 0. The predicted molar refractivity (Wildman–Crippen MR) is 79.7 cm³/mol. The van der Waals surface area contributed by atoms with Crippen LogP contribution < -0.4 is 5.32 Å². The van der Waals surface area contributed by atoms with Gasteiger partial charge in [0.15, 0.2) is 0 Å². The van der Waals surface area contributed by atoms with Gasteiger partial charge in [-0.3, -0.25) is 4.79 Å². The number of anilines is 1. The Kier molecular flexibility index (Phi) is 5.43. The quantitative estimate of drug-likeness (QED) is 0.837. The predicted octanol–water partition coefficient (Wildman–Crippen LogP) is 4.22. The van der Waals surface area contributed by atoms with Crippen LogP contribution in [0.5, 0.6) is 0 Å². The van der Waals surface area contributed by atoms with E-state index in [-0.39, 0.29) is 12.1 Å². The number of aromatic nitrogens is 1. The van der Waals surface area contributed by atoms with Crippen molar-refractivity contribution in [2.45, 2.75) is 17.6 Å². The second kappa shape index (κ2) is 7.31. The Morgan fingerprint density at radius 3 is 2.55 bits per heavy atom. The van der Waals surface area contributed by atoms with E-state index >= 15 is 0 Å². The third-order valence-corrected chi connectivity index (χ3v) is 3.67. The zero-order chi connectivity index (χ0) is 16.0. The molecule has 1 N–H and O–H groups in total. The van der Waals surface area contributed by atoms with Crippen molar-refractivity contribution in [3.05, 3.63) is 54.2 Å². The van der Waals surface area contributed by atoms with E-state index in [0.717, 1.165) is 11.1 Å². The summed E-state index contributed by atoms with van der Waals surface area (Å²) in [7, 11) is 0. The van der Waals surface area contributed by atoms with Crippen molar-refractivity contribution in [3.8, 4) is 0 Å². The summed E-state index contributed by atoms with van der Waals surface area (Å²) < 4.78 is 38.4. The second-order valence-corrected chi connectivity index (χ2v) is 5.47. The number of rotatable bonds is 5. The molecule has 22 heavy (non-hydrogen) atoms. The summed E-state index contributed by atoms with van der Waals surface area (Å²) in [4.78, 5) is 15.9. The number of para-hydroxylation sites is 1. The summed E-state index contributed by atoms with van der Waals surface area (Å²) in [5, 5.41) is 3.08. The molecule has 0 fully saturated rings. The van der Waals surface area contributed by atoms with E-state index < -0.39 is 17.6 Å². The number of carbonyl (C=O) groups is 1. The lowest BCUT2D eigenvalue weighted by Crippen LogP contribution is -2.16. The van der Waals surface area contributed by atoms with Crippen LogP contribution in [0.15, 0.2) is 53.7 Å². The van der Waals surface area contributed by atoms with Crippen LogP contribution in [0, 0.1) is 0 Å². The molecule has 0 unspecified atom stereocenters. The summed E-state index contributed by atoms with van der Waals surface area (Å²) in [5.41, 5.74) is -1.07. The van der Waals surface area contributed by atoms with Gasteiger partial charge in [-0.15, -0.1) is 11.8 Å². The van der Waals surface area contributed by atoms with Crippen LogP contribution in [0.1, 0.15) is 12.0 Å². The molecule has 7 heteroatoms. The van der Waals surface area contributed by atoms with Gasteiger partial charge >= 0.3 is 6.18 Å². The lowest BCUT2D eigenvalue weighted by molar-refractivity contribution is -0.137. The molecule has 0 aliphatic rings. The van der Waals surface area contributed by atoms with Crippen molar-refractivity contribution in [2.24, 2.45) is 0 Å². The number of alkyl halides is 3. The number of nitrogens with zero attached hydrogens (tertiary/aromatic N) is 1. The van der Waals surface area contributed by atoms with E-state index in [1.165, 1.54) is 30.0 Å². The topological polar surface area (TPSA) is 42.0 Å². The van der Waals surface area contributed by atoms with Gasteiger partial charge < -0.3 is 5.32 Å². The monoisotopic (exact) mass is 326 g/mol. The number of pyridine rings is 1. The van der Waals surface area contributed by atoms with Crippen LogP contribution in [0.25, 0.3) is 0 Å². The molecule has 1 aromatic heterocycles. The lowest BCUT2D eigenvalue weighted by Gasteiger charge is -2.13. The Morgan fingerprint density at radius 1 is 1.14 bits per heavy atom. The fraction of sp³-hybridized carbons (Fsp3) is 0.200. The molecule has 0 bridgehead atoms. The van der Waals surface area contributed by atoms with Gasteiger partial charge in [-0.2, -0.15) is 13.2 Å². The van der Waals surface area contributed by atoms with Crippen molar-refractivity contribution in [1.29, 1.82) is 0 Å². The van der Waals surface area contributed by atoms with Crippen molar-refractivity contribution >= 4 is 23.4 Å². The largest absolute Gasteiger partial charge is 0.418 e. The maximum atomic E-state index is 12.8. The summed E-state index contributed by atoms with van der Waals surface area (Å²) in [5.74, 6) is -0.0167. The minimum absolute atomic E-state index is 0.105. The van der Waals surface area contributed by atoms with E-state index in [9.17, 15) is 18.0 Å². The molecule has 0 aliphatic heterocycles. The van der Waals surface area contributed by atoms with Crippen molar-refractivity contribution in [1.82, 2.24) is 4.98 Å². The van der Waals surface area contributed by atoms with E-state index in [1.807, 2.05) is 12.1 Å². The molecule has 0 aliphatic carbocycles. The van der Waals surface area contributed by atoms with Gasteiger partial charge in [0.05, 0.1) is 16.3 Å². The first-order valence-electron chi connectivity index (χ1n) is 6.47. The van der Waals surface area contributed by atoms with Crippen molar-refractivity contribution in [2.75, 3.05) is 11.1 Å². The first-order chi connectivity index (χ1) is 10.5. The highest BCUT2D eigenvalue weighted by atomic mass is 32.2. The molecule has 0 radical (unpaired) electrons. The van der Waals surface area contributed by atoms with Gasteiger partial charge in [0.2, 0.25) is 5.91 Å². The van der Waals surface area contributed by atoms with Crippen LogP contribution in [0.3, 0.4) is 0 Å². The van der Waals surface area contributed by atoms with Gasteiger partial charge in [-0.05, 0) is 24.3 Å². The Labute approximate surface area is 129 Å². The zero-order valence-corrected chi connectivity index (χ0v) is 12.2. The summed E-state index contributed by atoms with van der Waals surface area (Å²) >= 11 is 1.37. The van der Waals surface area contributed by atoms with Crippen LogP contribution in [-0.4, -0.2) is 16.6 Å². The second-order valence-electron chi connectivity index (χ2n) is 4.36. The van der Waals surface area contributed by atoms with E-state index in [0.29, 0.717) is 5.75 Å². The molecule has 1 amide bonds. The molecular formula is C15H13F3N2OS. The Morgan fingerprint density at radius 2 is 1.86 bits per heavy atom. The van der Waals surface area contributed by atoms with Gasteiger partial charge in [0, 0.05) is 18.4 Å². The third kappa shape index (κ3) is 4.77. The highest BCUT2D eigenvalue weighted by Gasteiger charge is 2.33. The average molecular weight is 326 g/mol. The zero-order valence-electron chi connectivity index (χ0n) is 11.4.